The monoisotopic (exact) mass is 160 g/mol. The van der Waals surface area contributed by atoms with Crippen LogP contribution in [0.2, 0.25) is 0 Å². The molecule has 0 atom stereocenters. The van der Waals surface area contributed by atoms with Crippen LogP contribution in [-0.2, 0) is 4.74 Å². The Morgan fingerprint density at radius 1 is 1.33 bits per heavy atom. The van der Waals surface area contributed by atoms with Crippen LogP contribution in [0.15, 0.2) is 36.6 Å². The van der Waals surface area contributed by atoms with Gasteiger partial charge in [0.2, 0.25) is 0 Å². The first kappa shape index (κ1) is 7.22. The average Bonchev–Trinajstić information content (AvgIpc) is 2.56. The Balaban J connectivity index is 2.22. The van der Waals surface area contributed by atoms with Gasteiger partial charge in [-0.15, -0.1) is 0 Å². The number of nitrogens with two attached hydrogens (primary N) is 1. The van der Waals surface area contributed by atoms with Crippen molar-refractivity contribution >= 4 is 5.69 Å². The highest BCUT2D eigenvalue weighted by Gasteiger charge is 2.15. The number of benzene rings is 1. The SMILES string of the molecule is Nc1cccc([C]2CC=CO2)c1. The summed E-state index contributed by atoms with van der Waals surface area (Å²) in [5.74, 6) is 0. The highest BCUT2D eigenvalue weighted by atomic mass is 16.5. The third kappa shape index (κ3) is 1.28. The van der Waals surface area contributed by atoms with Gasteiger partial charge in [-0.3, -0.25) is 0 Å². The van der Waals surface area contributed by atoms with E-state index in [-0.39, 0.29) is 0 Å². The largest absolute Gasteiger partial charge is 0.486 e. The Morgan fingerprint density at radius 2 is 2.25 bits per heavy atom. The van der Waals surface area contributed by atoms with Crippen LogP contribution in [0.1, 0.15) is 12.0 Å². The number of nitrogen functional groups attached to an aromatic ring is 1. The molecule has 2 rings (SSSR count). The Kier molecular flexibility index (Phi) is 1.74. The van der Waals surface area contributed by atoms with E-state index in [1.54, 1.807) is 6.26 Å². The van der Waals surface area contributed by atoms with Crippen molar-refractivity contribution in [3.05, 3.63) is 48.3 Å². The molecular weight excluding hydrogens is 150 g/mol. The minimum Gasteiger partial charge on any atom is -0.486 e. The Labute approximate surface area is 71.6 Å². The van der Waals surface area contributed by atoms with E-state index in [4.69, 9.17) is 10.5 Å². The van der Waals surface area contributed by atoms with Crippen molar-refractivity contribution < 1.29 is 4.74 Å². The highest BCUT2D eigenvalue weighted by Crippen LogP contribution is 2.26. The Morgan fingerprint density at radius 3 is 2.92 bits per heavy atom. The van der Waals surface area contributed by atoms with Crippen molar-refractivity contribution in [1.82, 2.24) is 0 Å². The Bertz CT molecular complexity index is 298. The smallest absolute Gasteiger partial charge is 0.180 e. The Hall–Kier alpha value is -1.44. The van der Waals surface area contributed by atoms with Crippen molar-refractivity contribution in [1.29, 1.82) is 0 Å². The van der Waals surface area contributed by atoms with Crippen LogP contribution in [0.5, 0.6) is 0 Å². The molecule has 0 bridgehead atoms. The van der Waals surface area contributed by atoms with Crippen molar-refractivity contribution in [3.8, 4) is 0 Å². The topological polar surface area (TPSA) is 35.2 Å². The second-order valence-electron chi connectivity index (χ2n) is 2.74. The molecular formula is C10H10NO. The zero-order chi connectivity index (χ0) is 8.39. The van der Waals surface area contributed by atoms with Crippen LogP contribution in [0.4, 0.5) is 5.69 Å². The summed E-state index contributed by atoms with van der Waals surface area (Å²) in [7, 11) is 0. The van der Waals surface area contributed by atoms with E-state index in [1.807, 2.05) is 30.3 Å². The van der Waals surface area contributed by atoms with Crippen molar-refractivity contribution in [3.63, 3.8) is 0 Å². The van der Waals surface area contributed by atoms with Gasteiger partial charge in [0, 0.05) is 17.7 Å². The summed E-state index contributed by atoms with van der Waals surface area (Å²) in [6.45, 7) is 0. The van der Waals surface area contributed by atoms with Crippen LogP contribution in [0, 0.1) is 6.10 Å². The predicted molar refractivity (Wildman–Crippen MR) is 48.0 cm³/mol. The maximum atomic E-state index is 5.64. The quantitative estimate of drug-likeness (QED) is 0.638. The lowest BCUT2D eigenvalue weighted by atomic mass is 10.1. The lowest BCUT2D eigenvalue weighted by Gasteiger charge is -2.08. The fourth-order valence-electron chi connectivity index (χ4n) is 1.23. The number of hydrogen-bond donors (Lipinski definition) is 1. The van der Waals surface area contributed by atoms with Gasteiger partial charge >= 0.3 is 0 Å². The molecule has 0 aromatic heterocycles. The van der Waals surface area contributed by atoms with Gasteiger partial charge in [0.25, 0.3) is 0 Å². The zero-order valence-electron chi connectivity index (χ0n) is 6.66. The first-order valence-electron chi connectivity index (χ1n) is 3.90. The molecule has 1 aromatic rings. The van der Waals surface area contributed by atoms with E-state index in [0.29, 0.717) is 0 Å². The molecule has 12 heavy (non-hydrogen) atoms. The highest BCUT2D eigenvalue weighted by molar-refractivity contribution is 5.45. The molecule has 2 heteroatoms. The van der Waals surface area contributed by atoms with Gasteiger partial charge in [0.05, 0.1) is 6.26 Å². The number of hydrogen-bond acceptors (Lipinski definition) is 2. The summed E-state index contributed by atoms with van der Waals surface area (Å²) >= 11 is 0. The molecule has 61 valence electrons. The van der Waals surface area contributed by atoms with Gasteiger partial charge in [0.1, 0.15) is 0 Å². The molecule has 0 amide bonds. The summed E-state index contributed by atoms with van der Waals surface area (Å²) in [6, 6.07) is 7.72. The summed E-state index contributed by atoms with van der Waals surface area (Å²) in [6.07, 6.45) is 5.53. The summed E-state index contributed by atoms with van der Waals surface area (Å²) in [5.41, 5.74) is 7.48. The maximum Gasteiger partial charge on any atom is 0.180 e. The molecule has 1 aliphatic heterocycles. The third-order valence-electron chi connectivity index (χ3n) is 1.82. The number of ether oxygens (including phenoxy) is 1. The first-order valence-corrected chi connectivity index (χ1v) is 3.90. The van der Waals surface area contributed by atoms with Crippen LogP contribution in [-0.4, -0.2) is 0 Å². The van der Waals surface area contributed by atoms with Gasteiger partial charge in [-0.05, 0) is 18.2 Å². The molecule has 0 saturated heterocycles. The second kappa shape index (κ2) is 2.89. The first-order chi connectivity index (χ1) is 5.86. The summed E-state index contributed by atoms with van der Waals surface area (Å²) < 4.78 is 5.27. The van der Waals surface area contributed by atoms with Gasteiger partial charge < -0.3 is 10.5 Å². The third-order valence-corrected chi connectivity index (χ3v) is 1.82. The fraction of sp³-hybridized carbons (Fsp3) is 0.100. The zero-order valence-corrected chi connectivity index (χ0v) is 6.66. The average molecular weight is 160 g/mol. The van der Waals surface area contributed by atoms with Crippen LogP contribution >= 0.6 is 0 Å². The van der Waals surface area contributed by atoms with Crippen LogP contribution in [0.3, 0.4) is 0 Å². The van der Waals surface area contributed by atoms with Crippen molar-refractivity contribution in [2.75, 3.05) is 5.73 Å². The molecule has 0 spiro atoms. The van der Waals surface area contributed by atoms with Gasteiger partial charge in [-0.25, -0.2) is 0 Å². The minimum absolute atomic E-state index is 0.774. The van der Waals surface area contributed by atoms with E-state index in [0.717, 1.165) is 23.8 Å². The van der Waals surface area contributed by atoms with E-state index >= 15 is 0 Å². The lowest BCUT2D eigenvalue weighted by Crippen LogP contribution is -1.97. The summed E-state index contributed by atoms with van der Waals surface area (Å²) in [5, 5.41) is 0. The molecule has 0 unspecified atom stereocenters. The van der Waals surface area contributed by atoms with Crippen LogP contribution in [0.25, 0.3) is 0 Å². The van der Waals surface area contributed by atoms with Crippen LogP contribution < -0.4 is 5.73 Å². The molecule has 1 heterocycles. The van der Waals surface area contributed by atoms with Gasteiger partial charge in [0.15, 0.2) is 6.10 Å². The van der Waals surface area contributed by atoms with E-state index < -0.39 is 0 Å². The van der Waals surface area contributed by atoms with E-state index in [1.165, 1.54) is 0 Å². The fourth-order valence-corrected chi connectivity index (χ4v) is 1.23. The minimum atomic E-state index is 0.774. The maximum absolute atomic E-state index is 5.64. The molecule has 0 fully saturated rings. The second-order valence-corrected chi connectivity index (χ2v) is 2.74. The summed E-state index contributed by atoms with van der Waals surface area (Å²) in [4.78, 5) is 0. The lowest BCUT2D eigenvalue weighted by molar-refractivity contribution is 0.303. The molecule has 0 aliphatic carbocycles. The van der Waals surface area contributed by atoms with Gasteiger partial charge in [-0.2, -0.15) is 0 Å². The van der Waals surface area contributed by atoms with E-state index in [2.05, 4.69) is 0 Å². The van der Waals surface area contributed by atoms with Crippen molar-refractivity contribution in [2.24, 2.45) is 0 Å². The number of anilines is 1. The van der Waals surface area contributed by atoms with Gasteiger partial charge in [-0.1, -0.05) is 12.1 Å². The molecule has 1 aromatic carbocycles. The molecule has 1 aliphatic rings. The van der Waals surface area contributed by atoms with Crippen molar-refractivity contribution in [2.45, 2.75) is 6.42 Å². The molecule has 2 N–H and O–H groups in total. The molecule has 2 nitrogen and oxygen atoms in total. The molecule has 0 saturated carbocycles. The van der Waals surface area contributed by atoms with E-state index in [9.17, 15) is 0 Å². The normalized spacial score (nSPS) is 16.3. The predicted octanol–water partition coefficient (Wildman–Crippen LogP) is 2.08. The molecule has 1 radical (unpaired) electrons. The number of rotatable bonds is 1. The standard InChI is InChI=1S/C10H10NO/c11-9-4-1-3-8(7-9)10-5-2-6-12-10/h1-4,6-7H,5,11H2.